The molecule has 0 saturated heterocycles. The summed E-state index contributed by atoms with van der Waals surface area (Å²) in [5.41, 5.74) is -2.26. The van der Waals surface area contributed by atoms with E-state index in [0.29, 0.717) is 19.3 Å². The monoisotopic (exact) mass is 635 g/mol. The van der Waals surface area contributed by atoms with Gasteiger partial charge in [0.25, 0.3) is 0 Å². The van der Waals surface area contributed by atoms with Crippen LogP contribution in [0.5, 0.6) is 0 Å². The minimum atomic E-state index is -1.13. The number of hydrogen-bond acceptors (Lipinski definition) is 2. The summed E-state index contributed by atoms with van der Waals surface area (Å²) in [6.07, 6.45) is 38.8. The van der Waals surface area contributed by atoms with Gasteiger partial charge in [0.2, 0.25) is 0 Å². The highest BCUT2D eigenvalue weighted by Crippen LogP contribution is 2.59. The normalized spacial score (nSPS) is 21.7. The smallest absolute Gasteiger partial charge is 0.311 e. The van der Waals surface area contributed by atoms with Crippen molar-refractivity contribution >= 4 is 11.9 Å². The van der Waals surface area contributed by atoms with Gasteiger partial charge in [-0.3, -0.25) is 9.59 Å². The van der Waals surface area contributed by atoms with Crippen LogP contribution in [0.2, 0.25) is 0 Å². The van der Waals surface area contributed by atoms with Gasteiger partial charge in [-0.25, -0.2) is 0 Å². The Morgan fingerprint density at radius 3 is 1.11 bits per heavy atom. The highest BCUT2D eigenvalue weighted by Gasteiger charge is 2.64. The SMILES string of the molecule is CCCCCCCCCCCCCCCCC1(C(=O)O)CCCC(C)C1(CCCCCCCCCCCCCCCC)C(=O)O. The quantitative estimate of drug-likeness (QED) is 0.0722. The molecule has 1 saturated carbocycles. The Bertz CT molecular complexity index is 720. The maximum absolute atomic E-state index is 13.1. The average Bonchev–Trinajstić information content (AvgIpc) is 3.02. The number of carboxylic acid groups (broad SMARTS) is 2. The van der Waals surface area contributed by atoms with Crippen LogP contribution >= 0.6 is 0 Å². The zero-order chi connectivity index (χ0) is 33.1. The Labute approximate surface area is 280 Å². The summed E-state index contributed by atoms with van der Waals surface area (Å²) in [6, 6.07) is 0. The first-order valence-electron chi connectivity index (χ1n) is 20.4. The Hall–Kier alpha value is -1.06. The number of aliphatic carboxylic acids is 2. The van der Waals surface area contributed by atoms with E-state index in [-0.39, 0.29) is 5.92 Å². The molecule has 3 unspecified atom stereocenters. The van der Waals surface area contributed by atoms with E-state index in [0.717, 1.165) is 51.4 Å². The molecule has 1 aliphatic carbocycles. The van der Waals surface area contributed by atoms with Crippen LogP contribution in [0.15, 0.2) is 0 Å². The first-order chi connectivity index (χ1) is 21.9. The molecule has 0 aromatic heterocycles. The molecule has 2 N–H and O–H groups in total. The Balaban J connectivity index is 2.40. The predicted molar refractivity (Wildman–Crippen MR) is 193 cm³/mol. The summed E-state index contributed by atoms with van der Waals surface area (Å²) in [7, 11) is 0. The molecule has 0 aliphatic heterocycles. The molecule has 45 heavy (non-hydrogen) atoms. The van der Waals surface area contributed by atoms with Gasteiger partial charge < -0.3 is 10.2 Å². The summed E-state index contributed by atoms with van der Waals surface area (Å²) in [4.78, 5) is 26.0. The molecule has 0 spiro atoms. The van der Waals surface area contributed by atoms with Crippen molar-refractivity contribution in [3.8, 4) is 0 Å². The summed E-state index contributed by atoms with van der Waals surface area (Å²) in [6.45, 7) is 6.57. The molecule has 4 heteroatoms. The van der Waals surface area contributed by atoms with E-state index < -0.39 is 22.8 Å². The van der Waals surface area contributed by atoms with E-state index in [1.54, 1.807) is 0 Å². The van der Waals surface area contributed by atoms with E-state index in [1.807, 2.05) is 6.92 Å². The van der Waals surface area contributed by atoms with Crippen molar-refractivity contribution < 1.29 is 19.8 Å². The summed E-state index contributed by atoms with van der Waals surface area (Å²) in [5, 5.41) is 21.3. The lowest BCUT2D eigenvalue weighted by Crippen LogP contribution is -2.58. The molecule has 0 amide bonds. The third kappa shape index (κ3) is 16.1. The maximum Gasteiger partial charge on any atom is 0.311 e. The van der Waals surface area contributed by atoms with E-state index >= 15 is 0 Å². The first-order valence-corrected chi connectivity index (χ1v) is 20.4. The average molecular weight is 635 g/mol. The minimum absolute atomic E-state index is 0.0894. The van der Waals surface area contributed by atoms with Crippen molar-refractivity contribution in [3.63, 3.8) is 0 Å². The predicted octanol–water partition coefficient (Wildman–Crippen LogP) is 13.7. The number of hydrogen-bond donors (Lipinski definition) is 2. The van der Waals surface area contributed by atoms with Crippen LogP contribution in [0.4, 0.5) is 0 Å². The standard InChI is InChI=1S/C41H78O4/c1-4-6-8-10-12-14-16-18-20-22-24-26-28-30-34-40(38(42)43)35-32-33-37(3)41(40,39(44)45)36-31-29-27-25-23-21-19-17-15-13-11-9-7-5-2/h37H,4-36H2,1-3H3,(H,42,43)(H,44,45). The first kappa shape index (κ1) is 42.0. The van der Waals surface area contributed by atoms with Crippen LogP contribution in [0, 0.1) is 16.7 Å². The number of unbranched alkanes of at least 4 members (excludes halogenated alkanes) is 26. The van der Waals surface area contributed by atoms with Crippen molar-refractivity contribution in [1.82, 2.24) is 0 Å². The van der Waals surface area contributed by atoms with E-state index in [1.165, 1.54) is 141 Å². The van der Waals surface area contributed by atoms with Crippen LogP contribution in [0.1, 0.15) is 233 Å². The van der Waals surface area contributed by atoms with Crippen molar-refractivity contribution in [1.29, 1.82) is 0 Å². The van der Waals surface area contributed by atoms with Gasteiger partial charge in [0.05, 0.1) is 10.8 Å². The van der Waals surface area contributed by atoms with Gasteiger partial charge in [-0.1, -0.05) is 207 Å². The number of carboxylic acids is 2. The van der Waals surface area contributed by atoms with Gasteiger partial charge in [0.15, 0.2) is 0 Å². The van der Waals surface area contributed by atoms with Gasteiger partial charge in [-0.2, -0.15) is 0 Å². The molecule has 1 rings (SSSR count). The lowest BCUT2D eigenvalue weighted by atomic mass is 9.48. The van der Waals surface area contributed by atoms with Gasteiger partial charge in [-0.05, 0) is 31.6 Å². The summed E-state index contributed by atoms with van der Waals surface area (Å²) in [5.74, 6) is -1.79. The zero-order valence-electron chi connectivity index (χ0n) is 30.6. The molecule has 0 aromatic carbocycles. The second-order valence-corrected chi connectivity index (χ2v) is 15.1. The molecule has 4 nitrogen and oxygen atoms in total. The molecular formula is C41H78O4. The zero-order valence-corrected chi connectivity index (χ0v) is 30.6. The van der Waals surface area contributed by atoms with Crippen LogP contribution in [-0.2, 0) is 9.59 Å². The fraction of sp³-hybridized carbons (Fsp3) is 0.951. The molecule has 1 fully saturated rings. The molecule has 0 bridgehead atoms. The topological polar surface area (TPSA) is 74.6 Å². The van der Waals surface area contributed by atoms with Crippen molar-refractivity contribution in [2.45, 2.75) is 233 Å². The second kappa shape index (κ2) is 26.9. The highest BCUT2D eigenvalue weighted by atomic mass is 16.4. The molecule has 3 atom stereocenters. The molecule has 0 aromatic rings. The van der Waals surface area contributed by atoms with Crippen LogP contribution in [-0.4, -0.2) is 22.2 Å². The summed E-state index contributed by atoms with van der Waals surface area (Å²) >= 11 is 0. The Morgan fingerprint density at radius 1 is 0.489 bits per heavy atom. The van der Waals surface area contributed by atoms with Gasteiger partial charge >= 0.3 is 11.9 Å². The maximum atomic E-state index is 13.1. The molecule has 0 heterocycles. The van der Waals surface area contributed by atoms with Gasteiger partial charge in [0.1, 0.15) is 0 Å². The van der Waals surface area contributed by atoms with Crippen LogP contribution < -0.4 is 0 Å². The highest BCUT2D eigenvalue weighted by molar-refractivity contribution is 5.87. The number of rotatable bonds is 32. The Morgan fingerprint density at radius 2 is 0.800 bits per heavy atom. The van der Waals surface area contributed by atoms with E-state index in [9.17, 15) is 19.8 Å². The molecule has 1 aliphatic rings. The van der Waals surface area contributed by atoms with E-state index in [2.05, 4.69) is 13.8 Å². The molecular weight excluding hydrogens is 556 g/mol. The van der Waals surface area contributed by atoms with Crippen molar-refractivity contribution in [3.05, 3.63) is 0 Å². The lowest BCUT2D eigenvalue weighted by molar-refractivity contribution is -0.189. The second-order valence-electron chi connectivity index (χ2n) is 15.1. The van der Waals surface area contributed by atoms with E-state index in [4.69, 9.17) is 0 Å². The Kier molecular flexibility index (Phi) is 25.1. The van der Waals surface area contributed by atoms with Crippen LogP contribution in [0.25, 0.3) is 0 Å². The third-order valence-electron chi connectivity index (χ3n) is 11.6. The van der Waals surface area contributed by atoms with Crippen LogP contribution in [0.3, 0.4) is 0 Å². The third-order valence-corrected chi connectivity index (χ3v) is 11.6. The fourth-order valence-corrected chi connectivity index (χ4v) is 8.63. The summed E-state index contributed by atoms with van der Waals surface area (Å²) < 4.78 is 0. The van der Waals surface area contributed by atoms with Crippen molar-refractivity contribution in [2.75, 3.05) is 0 Å². The molecule has 266 valence electrons. The number of carbonyl (C=O) groups is 2. The lowest BCUT2D eigenvalue weighted by Gasteiger charge is -2.52. The fourth-order valence-electron chi connectivity index (χ4n) is 8.63. The van der Waals surface area contributed by atoms with Gasteiger partial charge in [0, 0.05) is 0 Å². The molecule has 0 radical (unpaired) electrons. The van der Waals surface area contributed by atoms with Gasteiger partial charge in [-0.15, -0.1) is 0 Å². The minimum Gasteiger partial charge on any atom is -0.481 e. The largest absolute Gasteiger partial charge is 0.481 e. The van der Waals surface area contributed by atoms with Crippen molar-refractivity contribution in [2.24, 2.45) is 16.7 Å².